The summed E-state index contributed by atoms with van der Waals surface area (Å²) in [5.41, 5.74) is 2.40. The topological polar surface area (TPSA) is 51.8 Å². The second-order valence-electron chi connectivity index (χ2n) is 10.4. The second-order valence-corrected chi connectivity index (χ2v) is 11.4. The van der Waals surface area contributed by atoms with E-state index >= 15 is 0 Å². The highest BCUT2D eigenvalue weighted by Crippen LogP contribution is 2.40. The molecule has 0 fully saturated rings. The van der Waals surface area contributed by atoms with E-state index in [1.54, 1.807) is 11.3 Å². The molecule has 0 aliphatic carbocycles. The Hall–Kier alpha value is -5.65. The predicted molar refractivity (Wildman–Crippen MR) is 182 cm³/mol. The molecule has 0 N–H and O–H groups in total. The Morgan fingerprint density at radius 2 is 1.18 bits per heavy atom. The Kier molecular flexibility index (Phi) is 4.42. The molecule has 5 heteroatoms. The van der Waals surface area contributed by atoms with Gasteiger partial charge in [-0.3, -0.25) is 0 Å². The van der Waals surface area contributed by atoms with Crippen LogP contribution in [0.1, 0.15) is 8.22 Å². The van der Waals surface area contributed by atoms with Crippen LogP contribution in [0.2, 0.25) is 0 Å². The van der Waals surface area contributed by atoms with Crippen LogP contribution in [0, 0.1) is 0 Å². The van der Waals surface area contributed by atoms with Gasteiger partial charge in [0.25, 0.3) is 0 Å². The van der Waals surface area contributed by atoms with Crippen LogP contribution in [0.15, 0.2) is 144 Å². The molecule has 9 rings (SSSR count). The molecular formula is C39H23N3OS. The van der Waals surface area contributed by atoms with Crippen molar-refractivity contribution in [3.8, 4) is 45.3 Å². The van der Waals surface area contributed by atoms with Crippen LogP contribution in [-0.4, -0.2) is 15.0 Å². The van der Waals surface area contributed by atoms with Gasteiger partial charge in [-0.2, -0.15) is 0 Å². The van der Waals surface area contributed by atoms with Gasteiger partial charge < -0.3 is 4.42 Å². The van der Waals surface area contributed by atoms with Crippen molar-refractivity contribution in [2.24, 2.45) is 0 Å². The maximum Gasteiger partial charge on any atom is 0.164 e. The van der Waals surface area contributed by atoms with Crippen LogP contribution in [0.5, 0.6) is 0 Å². The van der Waals surface area contributed by atoms with Gasteiger partial charge in [-0.15, -0.1) is 11.3 Å². The lowest BCUT2D eigenvalue weighted by molar-refractivity contribution is 0.670. The molecule has 0 saturated heterocycles. The fourth-order valence-corrected chi connectivity index (χ4v) is 6.68. The van der Waals surface area contributed by atoms with Gasteiger partial charge in [-0.25, -0.2) is 15.0 Å². The summed E-state index contributed by atoms with van der Waals surface area (Å²) in [4.78, 5) is 14.1. The minimum atomic E-state index is -0.328. The number of benzene rings is 6. The molecule has 0 bridgehead atoms. The van der Waals surface area contributed by atoms with Crippen molar-refractivity contribution in [3.63, 3.8) is 0 Å². The molecule has 3 heterocycles. The number of nitrogens with zero attached hydrogens (tertiary/aromatic N) is 3. The van der Waals surface area contributed by atoms with E-state index in [1.165, 1.54) is 0 Å². The van der Waals surface area contributed by atoms with Crippen molar-refractivity contribution in [1.82, 2.24) is 15.0 Å². The Labute approximate surface area is 265 Å². The SMILES string of the molecule is [2H]c1c([2H])c([2H])c2c(oc3c([2H])c(-c4nc(-c5ccccc5)nc(-c5ccccc5)n4)c([2H])c([2H])c32)c1-c1ccc2c(c1)sc1ccccc12. The molecule has 0 amide bonds. The summed E-state index contributed by atoms with van der Waals surface area (Å²) < 4.78 is 62.8. The van der Waals surface area contributed by atoms with Crippen LogP contribution < -0.4 is 0 Å². The van der Waals surface area contributed by atoms with Crippen molar-refractivity contribution in [1.29, 1.82) is 0 Å². The van der Waals surface area contributed by atoms with E-state index in [2.05, 4.69) is 12.1 Å². The molecule has 44 heavy (non-hydrogen) atoms. The highest BCUT2D eigenvalue weighted by molar-refractivity contribution is 7.25. The Morgan fingerprint density at radius 1 is 0.523 bits per heavy atom. The fourth-order valence-electron chi connectivity index (χ4n) is 5.53. The van der Waals surface area contributed by atoms with Crippen LogP contribution in [0.3, 0.4) is 0 Å². The zero-order valence-electron chi connectivity index (χ0n) is 29.0. The van der Waals surface area contributed by atoms with Gasteiger partial charge in [0, 0.05) is 53.2 Å². The summed E-state index contributed by atoms with van der Waals surface area (Å²) in [6, 6.07) is 30.9. The number of furan rings is 1. The lowest BCUT2D eigenvalue weighted by Crippen LogP contribution is -2.00. The first-order chi connectivity index (χ1) is 24.3. The third kappa shape index (κ3) is 4.09. The van der Waals surface area contributed by atoms with Crippen molar-refractivity contribution < 1.29 is 12.6 Å². The number of fused-ring (bicyclic) bond motifs is 6. The lowest BCUT2D eigenvalue weighted by Gasteiger charge is -2.08. The standard InChI is InChI=1S/C39H23N3OS/c1-3-10-24(11-4-1)37-40-38(25-12-5-2-6-13-25)42-39(41-37)27-19-20-29-32-16-9-15-28(36(32)43-33(29)22-27)26-18-21-31-30-14-7-8-17-34(30)44-35(31)23-26/h1-23H/i9D,15D,16D,19D,20D,22D. The van der Waals surface area contributed by atoms with Crippen molar-refractivity contribution in [2.75, 3.05) is 0 Å². The fraction of sp³-hybridized carbons (Fsp3) is 0. The van der Waals surface area contributed by atoms with E-state index in [4.69, 9.17) is 24.9 Å². The summed E-state index contributed by atoms with van der Waals surface area (Å²) in [5.74, 6) is 0.719. The first-order valence-corrected chi connectivity index (χ1v) is 14.9. The Morgan fingerprint density at radius 3 is 1.93 bits per heavy atom. The second kappa shape index (κ2) is 9.97. The van der Waals surface area contributed by atoms with E-state index in [1.807, 2.05) is 91.0 Å². The Bertz CT molecular complexity index is 2780. The Balaban J connectivity index is 1.32. The predicted octanol–water partition coefficient (Wildman–Crippen LogP) is 10.8. The van der Waals surface area contributed by atoms with Gasteiger partial charge in [0.1, 0.15) is 11.2 Å². The molecule has 0 atom stereocenters. The molecule has 0 spiro atoms. The average Bonchev–Trinajstić information content (AvgIpc) is 3.73. The average molecular weight is 588 g/mol. The zero-order chi connectivity index (χ0) is 34.3. The van der Waals surface area contributed by atoms with Crippen molar-refractivity contribution in [2.45, 2.75) is 0 Å². The summed E-state index contributed by atoms with van der Waals surface area (Å²) in [6.07, 6.45) is 0. The number of aromatic nitrogens is 3. The number of rotatable bonds is 4. The molecule has 206 valence electrons. The van der Waals surface area contributed by atoms with Gasteiger partial charge in [0.15, 0.2) is 17.5 Å². The first kappa shape index (κ1) is 19.5. The number of hydrogen-bond acceptors (Lipinski definition) is 5. The molecule has 0 aliphatic heterocycles. The van der Waals surface area contributed by atoms with E-state index < -0.39 is 0 Å². The summed E-state index contributed by atoms with van der Waals surface area (Å²) in [7, 11) is 0. The van der Waals surface area contributed by atoms with Gasteiger partial charge in [-0.05, 0) is 29.8 Å². The van der Waals surface area contributed by atoms with Crippen LogP contribution in [0.25, 0.3) is 87.4 Å². The molecular weight excluding hydrogens is 559 g/mol. The summed E-state index contributed by atoms with van der Waals surface area (Å²) in [5, 5.41) is 2.38. The lowest BCUT2D eigenvalue weighted by atomic mass is 10.0. The number of hydrogen-bond donors (Lipinski definition) is 0. The number of thiophene rings is 1. The van der Waals surface area contributed by atoms with E-state index in [0.29, 0.717) is 33.9 Å². The van der Waals surface area contributed by atoms with Gasteiger partial charge in [-0.1, -0.05) is 115 Å². The minimum Gasteiger partial charge on any atom is -0.455 e. The maximum atomic E-state index is 9.37. The normalized spacial score (nSPS) is 13.5. The molecule has 4 nitrogen and oxygen atoms in total. The smallest absolute Gasteiger partial charge is 0.164 e. The van der Waals surface area contributed by atoms with Gasteiger partial charge in [0.05, 0.1) is 8.22 Å². The largest absolute Gasteiger partial charge is 0.455 e. The number of para-hydroxylation sites is 1. The van der Waals surface area contributed by atoms with E-state index in [-0.39, 0.29) is 69.6 Å². The minimum absolute atomic E-state index is 0.0183. The summed E-state index contributed by atoms with van der Waals surface area (Å²) in [6.45, 7) is 0. The molecule has 0 unspecified atom stereocenters. The zero-order valence-corrected chi connectivity index (χ0v) is 23.8. The third-order valence-corrected chi connectivity index (χ3v) is 8.79. The van der Waals surface area contributed by atoms with Crippen molar-refractivity contribution in [3.05, 3.63) is 139 Å². The third-order valence-electron chi connectivity index (χ3n) is 7.65. The maximum absolute atomic E-state index is 9.37. The quantitative estimate of drug-likeness (QED) is 0.205. The molecule has 3 aromatic heterocycles. The highest BCUT2D eigenvalue weighted by Gasteiger charge is 2.17. The first-order valence-electron chi connectivity index (χ1n) is 17.0. The molecule has 0 saturated carbocycles. The van der Waals surface area contributed by atoms with Crippen molar-refractivity contribution >= 4 is 53.4 Å². The molecule has 0 aliphatic rings. The molecule has 9 aromatic rings. The van der Waals surface area contributed by atoms with Crippen LogP contribution >= 0.6 is 11.3 Å². The van der Waals surface area contributed by atoms with Crippen LogP contribution in [0.4, 0.5) is 0 Å². The summed E-state index contributed by atoms with van der Waals surface area (Å²) >= 11 is 1.62. The van der Waals surface area contributed by atoms with E-state index in [9.17, 15) is 2.74 Å². The van der Waals surface area contributed by atoms with Crippen LogP contribution in [-0.2, 0) is 0 Å². The van der Waals surface area contributed by atoms with E-state index in [0.717, 1.165) is 20.2 Å². The molecule has 0 radical (unpaired) electrons. The van der Waals surface area contributed by atoms with Gasteiger partial charge in [0.2, 0.25) is 0 Å². The highest BCUT2D eigenvalue weighted by atomic mass is 32.1. The van der Waals surface area contributed by atoms with Gasteiger partial charge >= 0.3 is 0 Å². The molecule has 6 aromatic carbocycles. The monoisotopic (exact) mass is 587 g/mol.